The van der Waals surface area contributed by atoms with Gasteiger partial charge in [-0.2, -0.15) is 0 Å². The average molecular weight is 226 g/mol. The van der Waals surface area contributed by atoms with Crippen LogP contribution in [-0.4, -0.2) is 7.05 Å². The zero-order valence-corrected chi connectivity index (χ0v) is 10.6. The van der Waals surface area contributed by atoms with Gasteiger partial charge in [0.15, 0.2) is 0 Å². The van der Waals surface area contributed by atoms with Crippen molar-refractivity contribution in [2.45, 2.75) is 13.8 Å². The first-order valence-electron chi connectivity index (χ1n) is 5.75. The molecule has 0 fully saturated rings. The van der Waals surface area contributed by atoms with E-state index in [1.54, 1.807) is 0 Å². The molecule has 17 heavy (non-hydrogen) atoms. The van der Waals surface area contributed by atoms with E-state index in [4.69, 9.17) is 5.73 Å². The number of hydrogen-bond donors (Lipinski definition) is 1. The Labute approximate surface area is 103 Å². The van der Waals surface area contributed by atoms with Crippen LogP contribution in [-0.2, 0) is 0 Å². The van der Waals surface area contributed by atoms with Crippen molar-refractivity contribution in [1.29, 1.82) is 0 Å². The number of nitrogen functional groups attached to an aromatic ring is 1. The molecular formula is C15H18N2. The van der Waals surface area contributed by atoms with Gasteiger partial charge >= 0.3 is 0 Å². The largest absolute Gasteiger partial charge is 0.397 e. The molecule has 0 aromatic heterocycles. The third kappa shape index (κ3) is 2.26. The molecule has 0 amide bonds. The van der Waals surface area contributed by atoms with Crippen LogP contribution in [0.25, 0.3) is 0 Å². The second kappa shape index (κ2) is 4.50. The van der Waals surface area contributed by atoms with Crippen molar-refractivity contribution in [3.8, 4) is 0 Å². The van der Waals surface area contributed by atoms with Crippen molar-refractivity contribution >= 4 is 17.1 Å². The summed E-state index contributed by atoms with van der Waals surface area (Å²) in [6.45, 7) is 4.18. The van der Waals surface area contributed by atoms with Crippen LogP contribution in [0.5, 0.6) is 0 Å². The lowest BCUT2D eigenvalue weighted by molar-refractivity contribution is 1.18. The highest BCUT2D eigenvalue weighted by Crippen LogP contribution is 2.32. The van der Waals surface area contributed by atoms with Crippen LogP contribution in [0.2, 0.25) is 0 Å². The van der Waals surface area contributed by atoms with Crippen molar-refractivity contribution in [3.05, 3.63) is 53.6 Å². The molecule has 2 aromatic rings. The van der Waals surface area contributed by atoms with E-state index < -0.39 is 0 Å². The fraction of sp³-hybridized carbons (Fsp3) is 0.200. The molecule has 2 heteroatoms. The smallest absolute Gasteiger partial charge is 0.0671 e. The van der Waals surface area contributed by atoms with E-state index in [0.717, 1.165) is 17.1 Å². The van der Waals surface area contributed by atoms with Crippen molar-refractivity contribution in [1.82, 2.24) is 0 Å². The molecule has 2 nitrogen and oxygen atoms in total. The van der Waals surface area contributed by atoms with E-state index in [-0.39, 0.29) is 0 Å². The molecule has 88 valence electrons. The van der Waals surface area contributed by atoms with E-state index in [1.807, 2.05) is 19.2 Å². The van der Waals surface area contributed by atoms with Gasteiger partial charge in [0.2, 0.25) is 0 Å². The van der Waals surface area contributed by atoms with Gasteiger partial charge in [-0.15, -0.1) is 0 Å². The number of rotatable bonds is 2. The molecule has 2 rings (SSSR count). The highest BCUT2D eigenvalue weighted by Gasteiger charge is 2.09. The molecule has 2 aromatic carbocycles. The van der Waals surface area contributed by atoms with Gasteiger partial charge in [0.25, 0.3) is 0 Å². The lowest BCUT2D eigenvalue weighted by atomic mass is 10.1. The molecule has 0 saturated carbocycles. The van der Waals surface area contributed by atoms with Crippen LogP contribution in [0.3, 0.4) is 0 Å². The predicted molar refractivity (Wildman–Crippen MR) is 74.8 cm³/mol. The Morgan fingerprint density at radius 2 is 1.71 bits per heavy atom. The molecule has 0 aliphatic rings. The summed E-state index contributed by atoms with van der Waals surface area (Å²) in [5.74, 6) is 0. The molecule has 0 radical (unpaired) electrons. The van der Waals surface area contributed by atoms with Crippen LogP contribution in [0.15, 0.2) is 42.5 Å². The highest BCUT2D eigenvalue weighted by atomic mass is 15.1. The summed E-state index contributed by atoms with van der Waals surface area (Å²) in [5.41, 5.74) is 11.6. The van der Waals surface area contributed by atoms with Crippen LogP contribution < -0.4 is 10.6 Å². The van der Waals surface area contributed by atoms with Crippen LogP contribution in [0.1, 0.15) is 11.1 Å². The highest BCUT2D eigenvalue weighted by molar-refractivity contribution is 5.77. The second-order valence-corrected chi connectivity index (χ2v) is 4.41. The Kier molecular flexibility index (Phi) is 3.05. The maximum absolute atomic E-state index is 6.06. The van der Waals surface area contributed by atoms with Crippen LogP contribution in [0, 0.1) is 13.8 Å². The van der Waals surface area contributed by atoms with Gasteiger partial charge < -0.3 is 10.6 Å². The fourth-order valence-corrected chi connectivity index (χ4v) is 2.11. The molecule has 0 saturated heterocycles. The summed E-state index contributed by atoms with van der Waals surface area (Å²) in [6.07, 6.45) is 0. The van der Waals surface area contributed by atoms with Crippen molar-refractivity contribution < 1.29 is 0 Å². The van der Waals surface area contributed by atoms with Gasteiger partial charge in [-0.1, -0.05) is 24.3 Å². The fourth-order valence-electron chi connectivity index (χ4n) is 2.11. The Balaban J connectivity index is 2.47. The zero-order valence-electron chi connectivity index (χ0n) is 10.6. The third-order valence-corrected chi connectivity index (χ3v) is 2.99. The normalized spacial score (nSPS) is 10.3. The van der Waals surface area contributed by atoms with Crippen molar-refractivity contribution in [2.75, 3.05) is 17.7 Å². The summed E-state index contributed by atoms with van der Waals surface area (Å²) in [4.78, 5) is 2.14. The molecular weight excluding hydrogens is 208 g/mol. The summed E-state index contributed by atoms with van der Waals surface area (Å²) >= 11 is 0. The van der Waals surface area contributed by atoms with Gasteiger partial charge in [-0.05, 0) is 43.2 Å². The minimum Gasteiger partial charge on any atom is -0.397 e. The number of nitrogens with two attached hydrogens (primary N) is 1. The van der Waals surface area contributed by atoms with Gasteiger partial charge in [0.1, 0.15) is 0 Å². The van der Waals surface area contributed by atoms with E-state index in [2.05, 4.69) is 49.1 Å². The van der Waals surface area contributed by atoms with E-state index in [9.17, 15) is 0 Å². The van der Waals surface area contributed by atoms with Gasteiger partial charge in [-0.3, -0.25) is 0 Å². The Morgan fingerprint density at radius 3 is 2.35 bits per heavy atom. The summed E-state index contributed by atoms with van der Waals surface area (Å²) in [5, 5.41) is 0. The molecule has 0 atom stereocenters. The van der Waals surface area contributed by atoms with E-state index in [1.165, 1.54) is 11.1 Å². The molecule has 0 aliphatic carbocycles. The molecule has 0 spiro atoms. The number of aryl methyl sites for hydroxylation is 2. The number of anilines is 3. The SMILES string of the molecule is Cc1cccc(N(C)c2c(C)cccc2N)c1. The quantitative estimate of drug-likeness (QED) is 0.792. The van der Waals surface area contributed by atoms with Crippen molar-refractivity contribution in [3.63, 3.8) is 0 Å². The molecule has 0 bridgehead atoms. The molecule has 0 aliphatic heterocycles. The number of nitrogens with zero attached hydrogens (tertiary/aromatic N) is 1. The standard InChI is InChI=1S/C15H18N2/c1-11-6-4-8-13(10-11)17(3)15-12(2)7-5-9-14(15)16/h4-10H,16H2,1-3H3. The van der Waals surface area contributed by atoms with Gasteiger partial charge in [-0.25, -0.2) is 0 Å². The summed E-state index contributed by atoms with van der Waals surface area (Å²) in [7, 11) is 2.05. The number of benzene rings is 2. The average Bonchev–Trinajstić information content (AvgIpc) is 2.28. The lowest BCUT2D eigenvalue weighted by Crippen LogP contribution is -2.13. The van der Waals surface area contributed by atoms with Crippen molar-refractivity contribution in [2.24, 2.45) is 0 Å². The molecule has 0 unspecified atom stereocenters. The first kappa shape index (κ1) is 11.5. The summed E-state index contributed by atoms with van der Waals surface area (Å²) in [6, 6.07) is 14.4. The number of para-hydroxylation sites is 1. The minimum absolute atomic E-state index is 0.814. The maximum Gasteiger partial charge on any atom is 0.0671 e. The topological polar surface area (TPSA) is 29.3 Å². The Morgan fingerprint density at radius 1 is 1.00 bits per heavy atom. The van der Waals surface area contributed by atoms with Crippen LogP contribution >= 0.6 is 0 Å². The second-order valence-electron chi connectivity index (χ2n) is 4.41. The van der Waals surface area contributed by atoms with Gasteiger partial charge in [0.05, 0.1) is 11.4 Å². The first-order valence-corrected chi connectivity index (χ1v) is 5.75. The zero-order chi connectivity index (χ0) is 12.4. The van der Waals surface area contributed by atoms with E-state index >= 15 is 0 Å². The minimum atomic E-state index is 0.814. The third-order valence-electron chi connectivity index (χ3n) is 2.99. The Bertz CT molecular complexity index is 512. The monoisotopic (exact) mass is 226 g/mol. The van der Waals surface area contributed by atoms with Gasteiger partial charge in [0, 0.05) is 12.7 Å². The maximum atomic E-state index is 6.06. The number of hydrogen-bond acceptors (Lipinski definition) is 2. The predicted octanol–water partition coefficient (Wildman–Crippen LogP) is 3.65. The van der Waals surface area contributed by atoms with Crippen LogP contribution in [0.4, 0.5) is 17.1 Å². The van der Waals surface area contributed by atoms with E-state index in [0.29, 0.717) is 0 Å². The summed E-state index contributed by atoms with van der Waals surface area (Å²) < 4.78 is 0. The lowest BCUT2D eigenvalue weighted by Gasteiger charge is -2.23. The molecule has 2 N–H and O–H groups in total. The molecule has 0 heterocycles. The first-order chi connectivity index (χ1) is 8.09. The Hall–Kier alpha value is -1.96.